The van der Waals surface area contributed by atoms with Gasteiger partial charge in [-0.1, -0.05) is 47.6 Å². The fourth-order valence-corrected chi connectivity index (χ4v) is 4.41. The Morgan fingerprint density at radius 3 is 2.30 bits per heavy atom. The Hall–Kier alpha value is -4.86. The number of carboxylic acids is 1. The number of hydrogen-bond acceptors (Lipinski definition) is 8. The molecular weight excluding hydrogens is 512 g/mol. The number of carboxylic acid groups (broad SMARTS) is 1. The number of carbonyl (C=O) groups is 2. The Morgan fingerprint density at radius 1 is 1.00 bits per heavy atom. The molecule has 10 nitrogen and oxygen atoms in total. The average molecular weight is 545 g/mol. The molecule has 4 rings (SSSR count). The first-order valence-corrected chi connectivity index (χ1v) is 12.7. The summed E-state index contributed by atoms with van der Waals surface area (Å²) in [5.74, 6) is 0.601. The van der Waals surface area contributed by atoms with Crippen molar-refractivity contribution < 1.29 is 28.7 Å². The lowest BCUT2D eigenvalue weighted by Gasteiger charge is -2.26. The van der Waals surface area contributed by atoms with E-state index in [-0.39, 0.29) is 19.0 Å². The topological polar surface area (TPSA) is 127 Å². The number of ether oxygens (including phenoxy) is 2. The van der Waals surface area contributed by atoms with Crippen LogP contribution < -0.4 is 19.7 Å². The Balaban J connectivity index is 1.65. The minimum atomic E-state index is -0.970. The van der Waals surface area contributed by atoms with Crippen LogP contribution in [0.5, 0.6) is 11.5 Å². The van der Waals surface area contributed by atoms with Gasteiger partial charge in [0, 0.05) is 42.4 Å². The molecule has 208 valence electrons. The SMILES string of the molecule is COc1cc(C(=O)NCc2ccc(-c3noc(C)n3)cc2N(CCc2ccccc2)CC(=O)O)cc(OC)c1C. The molecule has 0 aliphatic rings. The van der Waals surface area contributed by atoms with Gasteiger partial charge in [0.2, 0.25) is 11.7 Å². The zero-order valence-corrected chi connectivity index (χ0v) is 22.9. The van der Waals surface area contributed by atoms with Crippen molar-refractivity contribution >= 4 is 17.6 Å². The fraction of sp³-hybridized carbons (Fsp3) is 0.267. The van der Waals surface area contributed by atoms with E-state index in [0.717, 1.165) is 16.7 Å². The molecule has 1 heterocycles. The summed E-state index contributed by atoms with van der Waals surface area (Å²) in [6, 6.07) is 18.7. The molecular formula is C30H32N4O6. The highest BCUT2D eigenvalue weighted by molar-refractivity contribution is 5.95. The predicted octanol–water partition coefficient (Wildman–Crippen LogP) is 4.43. The molecule has 0 aliphatic heterocycles. The minimum Gasteiger partial charge on any atom is -0.496 e. The van der Waals surface area contributed by atoms with Crippen LogP contribution in [-0.2, 0) is 17.8 Å². The van der Waals surface area contributed by atoms with Gasteiger partial charge >= 0.3 is 5.97 Å². The van der Waals surface area contributed by atoms with Crippen molar-refractivity contribution in [1.82, 2.24) is 15.5 Å². The molecule has 3 aromatic carbocycles. The quantitative estimate of drug-likeness (QED) is 0.266. The number of nitrogens with one attached hydrogen (secondary N) is 1. The number of aryl methyl sites for hydroxylation is 1. The number of methoxy groups -OCH3 is 2. The highest BCUT2D eigenvalue weighted by Gasteiger charge is 2.19. The number of aromatic nitrogens is 2. The maximum atomic E-state index is 13.2. The Labute approximate surface area is 232 Å². The molecule has 0 unspecified atom stereocenters. The van der Waals surface area contributed by atoms with E-state index >= 15 is 0 Å². The van der Waals surface area contributed by atoms with Crippen molar-refractivity contribution in [2.75, 3.05) is 32.2 Å². The van der Waals surface area contributed by atoms with Crippen molar-refractivity contribution in [3.8, 4) is 22.9 Å². The molecule has 0 saturated carbocycles. The van der Waals surface area contributed by atoms with E-state index in [9.17, 15) is 14.7 Å². The number of hydrogen-bond donors (Lipinski definition) is 2. The monoisotopic (exact) mass is 544 g/mol. The molecule has 0 saturated heterocycles. The van der Waals surface area contributed by atoms with Crippen LogP contribution in [0.2, 0.25) is 0 Å². The van der Waals surface area contributed by atoms with Gasteiger partial charge < -0.3 is 29.3 Å². The van der Waals surface area contributed by atoms with Gasteiger partial charge in [-0.3, -0.25) is 9.59 Å². The van der Waals surface area contributed by atoms with Gasteiger partial charge in [0.1, 0.15) is 18.0 Å². The summed E-state index contributed by atoms with van der Waals surface area (Å²) in [4.78, 5) is 31.1. The number of aliphatic carboxylic acids is 1. The normalized spacial score (nSPS) is 10.7. The van der Waals surface area contributed by atoms with Crippen LogP contribution in [0.25, 0.3) is 11.4 Å². The van der Waals surface area contributed by atoms with Crippen molar-refractivity contribution in [1.29, 1.82) is 0 Å². The summed E-state index contributed by atoms with van der Waals surface area (Å²) in [6.07, 6.45) is 0.633. The number of nitrogens with zero attached hydrogens (tertiary/aromatic N) is 3. The summed E-state index contributed by atoms with van der Waals surface area (Å²) in [5.41, 5.74) is 4.31. The molecule has 4 aromatic rings. The highest BCUT2D eigenvalue weighted by Crippen LogP contribution is 2.30. The fourth-order valence-electron chi connectivity index (χ4n) is 4.41. The summed E-state index contributed by atoms with van der Waals surface area (Å²) >= 11 is 0. The van der Waals surface area contributed by atoms with Gasteiger partial charge in [0.25, 0.3) is 5.91 Å². The smallest absolute Gasteiger partial charge is 0.323 e. The van der Waals surface area contributed by atoms with Crippen LogP contribution in [0.3, 0.4) is 0 Å². The third kappa shape index (κ3) is 6.76. The largest absolute Gasteiger partial charge is 0.496 e. The Bertz CT molecular complexity index is 1460. The molecule has 1 amide bonds. The lowest BCUT2D eigenvalue weighted by Crippen LogP contribution is -2.33. The van der Waals surface area contributed by atoms with E-state index in [1.807, 2.05) is 55.5 Å². The van der Waals surface area contributed by atoms with Crippen molar-refractivity contribution in [2.45, 2.75) is 26.8 Å². The van der Waals surface area contributed by atoms with Crippen LogP contribution in [-0.4, -0.2) is 54.4 Å². The number of rotatable bonds is 12. The van der Waals surface area contributed by atoms with E-state index in [1.54, 1.807) is 24.0 Å². The lowest BCUT2D eigenvalue weighted by molar-refractivity contribution is -0.135. The zero-order valence-electron chi connectivity index (χ0n) is 22.9. The number of amides is 1. The lowest BCUT2D eigenvalue weighted by atomic mass is 10.0. The number of anilines is 1. The van der Waals surface area contributed by atoms with Gasteiger partial charge in [-0.2, -0.15) is 4.98 Å². The Kier molecular flexibility index (Phi) is 9.00. The molecule has 0 spiro atoms. The number of benzene rings is 3. The summed E-state index contributed by atoms with van der Waals surface area (Å²) in [7, 11) is 3.07. The first kappa shape index (κ1) is 28.2. The van der Waals surface area contributed by atoms with Crippen molar-refractivity contribution in [3.05, 3.63) is 88.8 Å². The first-order valence-electron chi connectivity index (χ1n) is 12.7. The van der Waals surface area contributed by atoms with E-state index in [4.69, 9.17) is 14.0 Å². The van der Waals surface area contributed by atoms with Gasteiger partial charge in [0.15, 0.2) is 0 Å². The standard InChI is InChI=1S/C30H32N4O6/c1-19-26(38-3)15-24(16-27(19)39-4)30(37)31-17-23-11-10-22(29-32-20(2)40-33-29)14-25(23)34(18-28(35)36)13-12-21-8-6-5-7-9-21/h5-11,14-16H,12-13,17-18H2,1-4H3,(H,31,37)(H,35,36). The van der Waals surface area contributed by atoms with E-state index in [0.29, 0.717) is 53.0 Å². The van der Waals surface area contributed by atoms with Crippen LogP contribution >= 0.6 is 0 Å². The van der Waals surface area contributed by atoms with Gasteiger partial charge in [0.05, 0.1) is 14.2 Å². The first-order chi connectivity index (χ1) is 19.3. The van der Waals surface area contributed by atoms with Crippen molar-refractivity contribution in [3.63, 3.8) is 0 Å². The molecule has 0 radical (unpaired) electrons. The molecule has 40 heavy (non-hydrogen) atoms. The number of carbonyl (C=O) groups excluding carboxylic acids is 1. The summed E-state index contributed by atoms with van der Waals surface area (Å²) < 4.78 is 16.0. The maximum absolute atomic E-state index is 13.2. The summed E-state index contributed by atoms with van der Waals surface area (Å²) in [5, 5.41) is 16.7. The van der Waals surface area contributed by atoms with E-state index in [1.165, 1.54) is 14.2 Å². The maximum Gasteiger partial charge on any atom is 0.323 e. The molecule has 10 heteroatoms. The van der Waals surface area contributed by atoms with Crippen LogP contribution in [0.15, 0.2) is 65.2 Å². The molecule has 0 fully saturated rings. The van der Waals surface area contributed by atoms with Gasteiger partial charge in [-0.25, -0.2) is 0 Å². The Morgan fingerprint density at radius 2 is 1.70 bits per heavy atom. The third-order valence-electron chi connectivity index (χ3n) is 6.50. The zero-order chi connectivity index (χ0) is 28.6. The molecule has 0 bridgehead atoms. The third-order valence-corrected chi connectivity index (χ3v) is 6.50. The van der Waals surface area contributed by atoms with Crippen molar-refractivity contribution in [2.24, 2.45) is 0 Å². The van der Waals surface area contributed by atoms with E-state index in [2.05, 4.69) is 15.5 Å². The predicted molar refractivity (Wildman–Crippen MR) is 150 cm³/mol. The highest BCUT2D eigenvalue weighted by atomic mass is 16.5. The molecule has 0 aliphatic carbocycles. The molecule has 0 atom stereocenters. The van der Waals surface area contributed by atoms with Crippen LogP contribution in [0.1, 0.15) is 32.9 Å². The van der Waals surface area contributed by atoms with Crippen LogP contribution in [0, 0.1) is 13.8 Å². The van der Waals surface area contributed by atoms with E-state index < -0.39 is 5.97 Å². The molecule has 1 aromatic heterocycles. The van der Waals surface area contributed by atoms with Gasteiger partial charge in [-0.05, 0) is 42.7 Å². The minimum absolute atomic E-state index is 0.152. The van der Waals surface area contributed by atoms with Gasteiger partial charge in [-0.15, -0.1) is 0 Å². The average Bonchev–Trinajstić information content (AvgIpc) is 3.40. The second kappa shape index (κ2) is 12.8. The second-order valence-corrected chi connectivity index (χ2v) is 9.22. The second-order valence-electron chi connectivity index (χ2n) is 9.22. The summed E-state index contributed by atoms with van der Waals surface area (Å²) in [6.45, 7) is 3.92. The van der Waals surface area contributed by atoms with Crippen LogP contribution in [0.4, 0.5) is 5.69 Å². The molecule has 2 N–H and O–H groups in total.